The van der Waals surface area contributed by atoms with E-state index in [1.165, 1.54) is 12.1 Å². The molecule has 1 aliphatic heterocycles. The van der Waals surface area contributed by atoms with Crippen molar-refractivity contribution in [2.45, 2.75) is 49.2 Å². The average molecular weight is 621 g/mol. The highest BCUT2D eigenvalue weighted by molar-refractivity contribution is 6.35. The van der Waals surface area contributed by atoms with E-state index in [0.29, 0.717) is 17.0 Å². The van der Waals surface area contributed by atoms with Crippen molar-refractivity contribution in [1.82, 2.24) is 14.8 Å². The zero-order valence-corrected chi connectivity index (χ0v) is 22.8. The van der Waals surface area contributed by atoms with Crippen molar-refractivity contribution in [3.05, 3.63) is 76.3 Å². The zero-order valence-electron chi connectivity index (χ0n) is 22.1. The molecule has 14 heteroatoms. The smallest absolute Gasteiger partial charge is 0.422 e. The Morgan fingerprint density at radius 3 is 2.49 bits per heavy atom. The molecule has 0 saturated heterocycles. The number of amides is 1. The molecule has 224 valence electrons. The van der Waals surface area contributed by atoms with Crippen LogP contribution < -0.4 is 10.5 Å². The fourth-order valence-corrected chi connectivity index (χ4v) is 5.36. The third-order valence-electron chi connectivity index (χ3n) is 7.75. The molecule has 0 spiro atoms. The number of nitrogens with two attached hydrogens (primary N) is 1. The number of ether oxygens (including phenoxy) is 1. The Morgan fingerprint density at radius 2 is 1.86 bits per heavy atom. The molecule has 4 aromatic rings. The van der Waals surface area contributed by atoms with Crippen molar-refractivity contribution < 1.29 is 41.4 Å². The number of aromatic nitrogens is 3. The molecular weight excluding hydrogens is 599 g/mol. The lowest BCUT2D eigenvalue weighted by molar-refractivity contribution is -0.270. The molecule has 2 aromatic heterocycles. The van der Waals surface area contributed by atoms with Crippen LogP contribution in [-0.2, 0) is 16.1 Å². The average Bonchev–Trinajstić information content (AvgIpc) is 3.62. The quantitative estimate of drug-likeness (QED) is 0.193. The summed E-state index contributed by atoms with van der Waals surface area (Å²) in [5, 5.41) is 16.2. The van der Waals surface area contributed by atoms with Crippen LogP contribution in [0.4, 0.5) is 22.0 Å². The van der Waals surface area contributed by atoms with E-state index in [9.17, 15) is 32.3 Å². The fraction of sp³-hybridized carbons (Fsp3) is 0.310. The van der Waals surface area contributed by atoms with Crippen LogP contribution in [-0.4, -0.2) is 44.3 Å². The lowest BCUT2D eigenvalue weighted by Crippen LogP contribution is -2.44. The summed E-state index contributed by atoms with van der Waals surface area (Å²) in [5.74, 6) is -3.34. The van der Waals surface area contributed by atoms with Gasteiger partial charge in [0.15, 0.2) is 11.5 Å². The number of alkyl halides is 4. The SMILES string of the molecule is NC(=O)[C@@]1(F)COc2c1cc([C@@](O)(CCC(=O)c1cc(Cl)c3nn(C4CC4)cc3c1)C(F)(F)F)nc2-c1ccc(F)cc1. The fourth-order valence-electron chi connectivity index (χ4n) is 5.09. The van der Waals surface area contributed by atoms with Crippen LogP contribution >= 0.6 is 11.6 Å². The maximum atomic E-state index is 15.7. The number of rotatable bonds is 8. The number of carbonyl (C=O) groups excluding carboxylic acids is 2. The number of benzene rings is 2. The number of primary amides is 1. The molecule has 1 saturated carbocycles. The standard InChI is InChI=1S/C29H22ClF5N4O4/c30-20-10-15(9-16-12-39(18-5-6-18)38-23(16)20)21(40)7-8-28(42,29(33,34)35)22-11-19-25(43-13-27(19,32)26(36)41)24(37-22)14-1-3-17(31)4-2-14/h1-4,9-12,18,42H,5-8,13H2,(H2,36,41)/t27-,28+/m1/s1. The van der Waals surface area contributed by atoms with Gasteiger partial charge in [0.05, 0.1) is 16.8 Å². The van der Waals surface area contributed by atoms with Crippen molar-refractivity contribution in [3.8, 4) is 17.0 Å². The van der Waals surface area contributed by atoms with Crippen molar-refractivity contribution in [1.29, 1.82) is 0 Å². The lowest BCUT2D eigenvalue weighted by Gasteiger charge is -2.31. The monoisotopic (exact) mass is 620 g/mol. The highest BCUT2D eigenvalue weighted by atomic mass is 35.5. The molecule has 6 rings (SSSR count). The number of carbonyl (C=O) groups is 2. The molecule has 3 N–H and O–H groups in total. The van der Waals surface area contributed by atoms with Gasteiger partial charge in [-0.15, -0.1) is 0 Å². The molecule has 2 atom stereocenters. The molecule has 3 heterocycles. The van der Waals surface area contributed by atoms with Gasteiger partial charge in [-0.2, -0.15) is 18.3 Å². The predicted molar refractivity (Wildman–Crippen MR) is 144 cm³/mol. The molecule has 0 radical (unpaired) electrons. The van der Waals surface area contributed by atoms with Crippen molar-refractivity contribution in [2.75, 3.05) is 6.61 Å². The highest BCUT2D eigenvalue weighted by Gasteiger charge is 2.58. The van der Waals surface area contributed by atoms with Crippen molar-refractivity contribution in [2.24, 2.45) is 5.73 Å². The van der Waals surface area contributed by atoms with E-state index in [1.54, 1.807) is 10.9 Å². The second-order valence-corrected chi connectivity index (χ2v) is 11.1. The van der Waals surface area contributed by atoms with Gasteiger partial charge in [0.1, 0.15) is 23.6 Å². The maximum absolute atomic E-state index is 15.7. The molecule has 8 nitrogen and oxygen atoms in total. The minimum atomic E-state index is -5.41. The minimum Gasteiger partial charge on any atom is -0.487 e. The van der Waals surface area contributed by atoms with Gasteiger partial charge < -0.3 is 15.6 Å². The Morgan fingerprint density at radius 1 is 1.16 bits per heavy atom. The molecule has 43 heavy (non-hydrogen) atoms. The van der Waals surface area contributed by atoms with Crippen LogP contribution in [0.25, 0.3) is 22.2 Å². The van der Waals surface area contributed by atoms with Crippen molar-refractivity contribution in [3.63, 3.8) is 0 Å². The second-order valence-electron chi connectivity index (χ2n) is 10.7. The molecule has 0 unspecified atom stereocenters. The van der Waals surface area contributed by atoms with E-state index >= 15 is 4.39 Å². The summed E-state index contributed by atoms with van der Waals surface area (Å²) in [5.41, 5.74) is -3.28. The number of Topliss-reactive ketones (excluding diaryl/α,β-unsaturated/α-hetero) is 1. The molecule has 2 aliphatic rings. The first kappa shape index (κ1) is 29.0. The largest absolute Gasteiger partial charge is 0.487 e. The minimum absolute atomic E-state index is 0.0104. The van der Waals surface area contributed by atoms with E-state index in [-0.39, 0.29) is 33.6 Å². The van der Waals surface area contributed by atoms with Crippen LogP contribution in [0.3, 0.4) is 0 Å². The summed E-state index contributed by atoms with van der Waals surface area (Å²) in [6.45, 7) is -0.944. The van der Waals surface area contributed by atoms with Crippen LogP contribution in [0.2, 0.25) is 5.02 Å². The Balaban J connectivity index is 1.39. The van der Waals surface area contributed by atoms with Crippen LogP contribution in [0.5, 0.6) is 5.75 Å². The number of hydrogen-bond donors (Lipinski definition) is 2. The molecule has 0 bridgehead atoms. The Labute approximate surface area is 245 Å². The first-order valence-corrected chi connectivity index (χ1v) is 13.5. The van der Waals surface area contributed by atoms with E-state index in [0.717, 1.165) is 37.1 Å². The lowest BCUT2D eigenvalue weighted by atomic mass is 9.86. The molecule has 1 fully saturated rings. The van der Waals surface area contributed by atoms with E-state index in [2.05, 4.69) is 10.1 Å². The first-order chi connectivity index (χ1) is 20.2. The normalized spacial score (nSPS) is 19.6. The van der Waals surface area contributed by atoms with Gasteiger partial charge in [-0.05, 0) is 61.7 Å². The number of hydrogen-bond acceptors (Lipinski definition) is 6. The Bertz CT molecular complexity index is 1790. The van der Waals surface area contributed by atoms with Gasteiger partial charge in [-0.3, -0.25) is 14.3 Å². The van der Waals surface area contributed by atoms with E-state index in [4.69, 9.17) is 22.1 Å². The number of fused-ring (bicyclic) bond motifs is 2. The van der Waals surface area contributed by atoms with E-state index < -0.39 is 65.7 Å². The van der Waals surface area contributed by atoms with Gasteiger partial charge >= 0.3 is 6.18 Å². The summed E-state index contributed by atoms with van der Waals surface area (Å²) >= 11 is 6.32. The van der Waals surface area contributed by atoms with Crippen LogP contribution in [0.15, 0.2) is 48.7 Å². The third-order valence-corrected chi connectivity index (χ3v) is 8.04. The zero-order chi connectivity index (χ0) is 30.9. The predicted octanol–water partition coefficient (Wildman–Crippen LogP) is 5.68. The van der Waals surface area contributed by atoms with Crippen LogP contribution in [0.1, 0.15) is 53.3 Å². The highest BCUT2D eigenvalue weighted by Crippen LogP contribution is 2.49. The molecule has 2 aromatic carbocycles. The maximum Gasteiger partial charge on any atom is 0.422 e. The molecular formula is C29H22ClF5N4O4. The van der Waals surface area contributed by atoms with Crippen LogP contribution in [0, 0.1) is 5.82 Å². The first-order valence-electron chi connectivity index (χ1n) is 13.2. The number of aliphatic hydroxyl groups is 1. The van der Waals surface area contributed by atoms with E-state index in [1.807, 2.05) is 0 Å². The summed E-state index contributed by atoms with van der Waals surface area (Å²) < 4.78 is 80.1. The Hall–Kier alpha value is -4.10. The van der Waals surface area contributed by atoms with Crippen molar-refractivity contribution >= 4 is 34.2 Å². The van der Waals surface area contributed by atoms with Gasteiger partial charge in [0.2, 0.25) is 5.60 Å². The van der Waals surface area contributed by atoms with Gasteiger partial charge in [-0.1, -0.05) is 11.6 Å². The molecule has 1 amide bonds. The summed E-state index contributed by atoms with van der Waals surface area (Å²) in [4.78, 5) is 29.1. The van der Waals surface area contributed by atoms with Gasteiger partial charge in [0.25, 0.3) is 11.6 Å². The third kappa shape index (κ3) is 4.89. The van der Waals surface area contributed by atoms with Gasteiger partial charge in [-0.25, -0.2) is 13.8 Å². The second kappa shape index (κ2) is 9.98. The summed E-state index contributed by atoms with van der Waals surface area (Å²) in [7, 11) is 0. The number of ketones is 1. The summed E-state index contributed by atoms with van der Waals surface area (Å²) in [6, 6.07) is 7.86. The molecule has 1 aliphatic carbocycles. The Kier molecular flexibility index (Phi) is 6.73. The number of pyridine rings is 1. The summed E-state index contributed by atoms with van der Waals surface area (Å²) in [6.07, 6.45) is -3.84. The van der Waals surface area contributed by atoms with Gasteiger partial charge in [0, 0.05) is 34.7 Å². The topological polar surface area (TPSA) is 120 Å². The number of nitrogens with zero attached hydrogens (tertiary/aromatic N) is 3. The number of halogens is 6.